The van der Waals surface area contributed by atoms with Crippen molar-refractivity contribution in [1.29, 1.82) is 0 Å². The van der Waals surface area contributed by atoms with Crippen molar-refractivity contribution in [3.8, 4) is 0 Å². The SMILES string of the molecule is CCCCCCC/C=C/CC/C=C/CC/C=C/C(O)C(COC1OC(CO)C(OC2OC(CO)C(O)C(O)C2O)C(O)C1O)NC(=O)CCCCCCCCCCCCCCCCCCCCCCCCCCCCCCCCCCC. The zero-order valence-corrected chi connectivity index (χ0v) is 52.2. The van der Waals surface area contributed by atoms with Gasteiger partial charge in [0.2, 0.25) is 5.91 Å². The zero-order valence-electron chi connectivity index (χ0n) is 52.2. The summed E-state index contributed by atoms with van der Waals surface area (Å²) in [4.78, 5) is 13.3. The molecule has 0 saturated carbocycles. The van der Waals surface area contributed by atoms with Crippen LogP contribution in [-0.2, 0) is 23.7 Å². The standard InChI is InChI=1S/C68H127NO13/c1-3-5-7-9-11-13-15-17-19-20-21-22-23-24-25-26-27-28-29-30-31-32-33-34-35-36-38-40-42-44-46-48-50-52-60(73)69-56(57(72)51-49-47-45-43-41-39-37-18-16-14-12-10-8-6-4-2)55-79-67-65(78)63(76)66(59(54-71)81-67)82-68-64(77)62(75)61(74)58(53-70)80-68/h16,18,41,43,49,51,56-59,61-68,70-72,74-78H,3-15,17,19-40,42,44-48,50,52-55H2,1-2H3,(H,69,73)/b18-16+,43-41+,51-49+. The van der Waals surface area contributed by atoms with E-state index >= 15 is 0 Å². The van der Waals surface area contributed by atoms with Gasteiger partial charge in [0.1, 0.15) is 48.8 Å². The van der Waals surface area contributed by atoms with Crippen LogP contribution in [0.5, 0.6) is 0 Å². The number of nitrogens with one attached hydrogen (secondary N) is 1. The molecule has 2 heterocycles. The molecule has 2 fully saturated rings. The topological polar surface area (TPSA) is 228 Å². The number of carbonyl (C=O) groups excluding carboxylic acids is 1. The fourth-order valence-electron chi connectivity index (χ4n) is 11.3. The molecule has 0 aromatic rings. The van der Waals surface area contributed by atoms with Gasteiger partial charge in [-0.1, -0.05) is 281 Å². The molecule has 14 heteroatoms. The Morgan fingerprint density at radius 1 is 0.427 bits per heavy atom. The number of hydrogen-bond donors (Lipinski definition) is 9. The van der Waals surface area contributed by atoms with Crippen molar-refractivity contribution in [1.82, 2.24) is 5.32 Å². The summed E-state index contributed by atoms with van der Waals surface area (Å²) in [5.74, 6) is -0.248. The van der Waals surface area contributed by atoms with Crippen LogP contribution in [0.1, 0.15) is 296 Å². The van der Waals surface area contributed by atoms with Crippen molar-refractivity contribution in [2.24, 2.45) is 0 Å². The second-order valence-corrected chi connectivity index (χ2v) is 24.3. The number of ether oxygens (including phenoxy) is 4. The lowest BCUT2D eigenvalue weighted by atomic mass is 9.97. The van der Waals surface area contributed by atoms with Gasteiger partial charge >= 0.3 is 0 Å². The number of allylic oxidation sites excluding steroid dienone is 5. The molecule has 2 saturated heterocycles. The second kappa shape index (κ2) is 53.4. The molecule has 12 unspecified atom stereocenters. The smallest absolute Gasteiger partial charge is 0.220 e. The Kier molecular flexibility index (Phi) is 49.7. The van der Waals surface area contributed by atoms with Crippen molar-refractivity contribution >= 4 is 5.91 Å². The predicted octanol–water partition coefficient (Wildman–Crippen LogP) is 13.3. The van der Waals surface area contributed by atoms with Gasteiger partial charge in [0.05, 0.1) is 32.0 Å². The lowest BCUT2D eigenvalue weighted by molar-refractivity contribution is -0.359. The molecule has 0 bridgehead atoms. The fraction of sp³-hybridized carbons (Fsp3) is 0.897. The van der Waals surface area contributed by atoms with E-state index in [0.717, 1.165) is 44.9 Å². The summed E-state index contributed by atoms with van der Waals surface area (Å²) >= 11 is 0. The first-order valence-corrected chi connectivity index (χ1v) is 34.2. The minimum absolute atomic E-state index is 0.248. The lowest BCUT2D eigenvalue weighted by Gasteiger charge is -2.46. The van der Waals surface area contributed by atoms with E-state index in [4.69, 9.17) is 18.9 Å². The van der Waals surface area contributed by atoms with E-state index in [1.807, 2.05) is 6.08 Å². The third-order valence-corrected chi connectivity index (χ3v) is 16.8. The number of rotatable bonds is 56. The summed E-state index contributed by atoms with van der Waals surface area (Å²) in [6.07, 6.45) is 50.8. The first-order chi connectivity index (χ1) is 40.1. The highest BCUT2D eigenvalue weighted by atomic mass is 16.7. The number of aliphatic hydroxyl groups is 8. The Balaban J connectivity index is 1.62. The van der Waals surface area contributed by atoms with Crippen molar-refractivity contribution in [2.75, 3.05) is 19.8 Å². The third-order valence-electron chi connectivity index (χ3n) is 16.8. The van der Waals surface area contributed by atoms with Gasteiger partial charge in [0.25, 0.3) is 0 Å². The average molecular weight is 1170 g/mol. The number of amides is 1. The molecule has 0 aromatic carbocycles. The molecule has 0 aromatic heterocycles. The van der Waals surface area contributed by atoms with E-state index in [2.05, 4.69) is 43.5 Å². The Morgan fingerprint density at radius 2 is 0.780 bits per heavy atom. The molecule has 2 rings (SSSR count). The molecule has 14 nitrogen and oxygen atoms in total. The molecule has 0 radical (unpaired) electrons. The van der Waals surface area contributed by atoms with Gasteiger partial charge in [0.15, 0.2) is 12.6 Å². The lowest BCUT2D eigenvalue weighted by Crippen LogP contribution is -2.65. The molecular formula is C68H127NO13. The quantitative estimate of drug-likeness (QED) is 0.0204. The Hall–Kier alpha value is -1.79. The van der Waals surface area contributed by atoms with Crippen LogP contribution in [0.4, 0.5) is 0 Å². The highest BCUT2D eigenvalue weighted by molar-refractivity contribution is 5.76. The summed E-state index contributed by atoms with van der Waals surface area (Å²) in [6.45, 7) is 2.79. The molecular weight excluding hydrogens is 1040 g/mol. The predicted molar refractivity (Wildman–Crippen MR) is 332 cm³/mol. The summed E-state index contributed by atoms with van der Waals surface area (Å²) < 4.78 is 22.8. The maximum Gasteiger partial charge on any atom is 0.220 e. The number of hydrogen-bond acceptors (Lipinski definition) is 13. The number of aliphatic hydroxyl groups excluding tert-OH is 8. The molecule has 1 amide bonds. The molecule has 0 aliphatic carbocycles. The zero-order chi connectivity index (χ0) is 59.5. The molecule has 2 aliphatic heterocycles. The van der Waals surface area contributed by atoms with E-state index in [9.17, 15) is 45.6 Å². The maximum absolute atomic E-state index is 13.3. The van der Waals surface area contributed by atoms with Crippen LogP contribution < -0.4 is 5.32 Å². The highest BCUT2D eigenvalue weighted by Crippen LogP contribution is 2.30. The van der Waals surface area contributed by atoms with Gasteiger partial charge in [-0.3, -0.25) is 4.79 Å². The third kappa shape index (κ3) is 37.7. The van der Waals surface area contributed by atoms with E-state index in [-0.39, 0.29) is 18.9 Å². The first-order valence-electron chi connectivity index (χ1n) is 34.2. The van der Waals surface area contributed by atoms with Crippen LogP contribution in [-0.4, -0.2) is 140 Å². The highest BCUT2D eigenvalue weighted by Gasteiger charge is 2.51. The molecule has 482 valence electrons. The maximum atomic E-state index is 13.3. The van der Waals surface area contributed by atoms with Crippen LogP contribution >= 0.6 is 0 Å². The fourth-order valence-corrected chi connectivity index (χ4v) is 11.3. The largest absolute Gasteiger partial charge is 0.394 e. The monoisotopic (exact) mass is 1170 g/mol. The van der Waals surface area contributed by atoms with Gasteiger partial charge < -0.3 is 65.1 Å². The molecule has 2 aliphatic rings. The normalized spacial score (nSPS) is 24.1. The number of carbonyl (C=O) groups is 1. The summed E-state index contributed by atoms with van der Waals surface area (Å²) in [7, 11) is 0. The minimum atomic E-state index is -1.79. The first kappa shape index (κ1) is 76.3. The van der Waals surface area contributed by atoms with Crippen LogP contribution in [0, 0.1) is 0 Å². The summed E-state index contributed by atoms with van der Waals surface area (Å²) in [5.41, 5.74) is 0. The van der Waals surface area contributed by atoms with Crippen molar-refractivity contribution in [3.05, 3.63) is 36.5 Å². The molecule has 9 N–H and O–H groups in total. The van der Waals surface area contributed by atoms with Gasteiger partial charge in [0, 0.05) is 6.42 Å². The molecule has 82 heavy (non-hydrogen) atoms. The number of unbranched alkanes of at least 4 members (excludes halogenated alkanes) is 39. The van der Waals surface area contributed by atoms with E-state index in [1.54, 1.807) is 6.08 Å². The van der Waals surface area contributed by atoms with E-state index in [0.29, 0.717) is 12.8 Å². The minimum Gasteiger partial charge on any atom is -0.394 e. The van der Waals surface area contributed by atoms with Crippen LogP contribution in [0.25, 0.3) is 0 Å². The van der Waals surface area contributed by atoms with Gasteiger partial charge in [-0.15, -0.1) is 0 Å². The Labute approximate surface area is 500 Å². The molecule has 12 atom stereocenters. The van der Waals surface area contributed by atoms with Gasteiger partial charge in [-0.05, 0) is 44.9 Å². The van der Waals surface area contributed by atoms with Crippen LogP contribution in [0.2, 0.25) is 0 Å². The van der Waals surface area contributed by atoms with E-state index < -0.39 is 86.8 Å². The summed E-state index contributed by atoms with van der Waals surface area (Å²) in [5, 5.41) is 87.2. The van der Waals surface area contributed by atoms with Crippen molar-refractivity contribution in [3.63, 3.8) is 0 Å². The van der Waals surface area contributed by atoms with Gasteiger partial charge in [-0.2, -0.15) is 0 Å². The Bertz CT molecular complexity index is 1510. The molecule has 0 spiro atoms. The van der Waals surface area contributed by atoms with Crippen LogP contribution in [0.15, 0.2) is 36.5 Å². The van der Waals surface area contributed by atoms with E-state index in [1.165, 1.54) is 218 Å². The van der Waals surface area contributed by atoms with Crippen molar-refractivity contribution < 1.29 is 64.6 Å². The average Bonchev–Trinajstić information content (AvgIpc) is 3.67. The van der Waals surface area contributed by atoms with Gasteiger partial charge in [-0.25, -0.2) is 0 Å². The Morgan fingerprint density at radius 3 is 1.20 bits per heavy atom. The summed E-state index contributed by atoms with van der Waals surface area (Å²) in [6, 6.07) is -0.936. The van der Waals surface area contributed by atoms with Crippen LogP contribution in [0.3, 0.4) is 0 Å². The van der Waals surface area contributed by atoms with Crippen molar-refractivity contribution in [2.45, 2.75) is 370 Å². The second-order valence-electron chi connectivity index (χ2n) is 24.3.